The Kier molecular flexibility index (Phi) is 17.7. The molecule has 11 heteroatoms. The van der Waals surface area contributed by atoms with Crippen molar-refractivity contribution in [2.75, 3.05) is 33.5 Å². The van der Waals surface area contributed by atoms with Crippen LogP contribution in [-0.4, -0.2) is 86.9 Å². The van der Waals surface area contributed by atoms with Gasteiger partial charge in [0.05, 0.1) is 66.6 Å². The maximum absolute atomic E-state index is 10.4. The van der Waals surface area contributed by atoms with Gasteiger partial charge in [-0.1, -0.05) is 133 Å². The van der Waals surface area contributed by atoms with Gasteiger partial charge in [-0.3, -0.25) is 0 Å². The lowest BCUT2D eigenvalue weighted by atomic mass is 9.97. The van der Waals surface area contributed by atoms with E-state index in [1.54, 1.807) is 7.11 Å². The van der Waals surface area contributed by atoms with E-state index in [0.29, 0.717) is 0 Å². The Morgan fingerprint density at radius 2 is 0.948 bits per heavy atom. The first-order chi connectivity index (χ1) is 28.6. The van der Waals surface area contributed by atoms with E-state index in [2.05, 4.69) is 0 Å². The molecule has 1 aliphatic heterocycles. The number of benzene rings is 5. The average molecular weight is 795 g/mol. The molecule has 58 heavy (non-hydrogen) atoms. The van der Waals surface area contributed by atoms with Crippen molar-refractivity contribution in [2.24, 2.45) is 0 Å². The van der Waals surface area contributed by atoms with Crippen molar-refractivity contribution in [1.29, 1.82) is 0 Å². The predicted molar refractivity (Wildman–Crippen MR) is 216 cm³/mol. The van der Waals surface area contributed by atoms with Crippen LogP contribution in [0.15, 0.2) is 146 Å². The molecule has 1 saturated heterocycles. The Morgan fingerprint density at radius 3 is 1.43 bits per heavy atom. The van der Waals surface area contributed by atoms with Crippen molar-refractivity contribution in [2.45, 2.75) is 76.1 Å². The summed E-state index contributed by atoms with van der Waals surface area (Å²) in [5.74, 6) is 0.738. The number of hydrogen-bond donors (Lipinski definition) is 2. The lowest BCUT2D eigenvalue weighted by Crippen LogP contribution is -2.62. The molecule has 1 heterocycles. The van der Waals surface area contributed by atoms with E-state index < -0.39 is 49.7 Å². The van der Waals surface area contributed by atoms with E-state index in [1.165, 1.54) is 0 Å². The Bertz CT molecular complexity index is 1820. The van der Waals surface area contributed by atoms with Gasteiger partial charge >= 0.3 is 0 Å². The molecule has 5 aromatic rings. The molecule has 7 unspecified atom stereocenters. The highest BCUT2D eigenvalue weighted by atomic mass is 16.7. The van der Waals surface area contributed by atoms with Crippen LogP contribution in [0.3, 0.4) is 0 Å². The van der Waals surface area contributed by atoms with Crippen LogP contribution in [0.2, 0.25) is 0 Å². The minimum Gasteiger partial charge on any atom is -0.497 e. The Morgan fingerprint density at radius 1 is 0.483 bits per heavy atom. The summed E-state index contributed by atoms with van der Waals surface area (Å²) in [6.07, 6.45) is -5.48. The summed E-state index contributed by atoms with van der Waals surface area (Å²) in [7, 11) is 1.61. The monoisotopic (exact) mass is 794 g/mol. The number of aliphatic hydroxyl groups excluding tert-OH is 2. The number of aliphatic hydroxyl groups is 2. The second-order valence-electron chi connectivity index (χ2n) is 13.9. The van der Waals surface area contributed by atoms with Gasteiger partial charge < -0.3 is 52.8 Å². The number of rotatable bonds is 24. The van der Waals surface area contributed by atoms with Crippen LogP contribution >= 0.6 is 0 Å². The fraction of sp³-hybridized carbons (Fsp3) is 0.362. The zero-order valence-corrected chi connectivity index (χ0v) is 32.8. The molecule has 0 aliphatic carbocycles. The van der Waals surface area contributed by atoms with E-state index in [9.17, 15) is 10.2 Å². The van der Waals surface area contributed by atoms with Crippen LogP contribution in [0.5, 0.6) is 5.75 Å². The Balaban J connectivity index is 1.21. The quantitative estimate of drug-likeness (QED) is 0.0656. The molecule has 0 radical (unpaired) electrons. The van der Waals surface area contributed by atoms with E-state index in [1.807, 2.05) is 146 Å². The van der Waals surface area contributed by atoms with Gasteiger partial charge in [0.15, 0.2) is 12.6 Å². The molecule has 308 valence electrons. The zero-order valence-electron chi connectivity index (χ0n) is 32.8. The summed E-state index contributed by atoms with van der Waals surface area (Å²) in [6, 6.07) is 47.0. The van der Waals surface area contributed by atoms with Crippen LogP contribution in [0, 0.1) is 0 Å². The van der Waals surface area contributed by atoms with Crippen molar-refractivity contribution in [3.05, 3.63) is 173 Å². The van der Waals surface area contributed by atoms with Crippen molar-refractivity contribution < 1.29 is 52.8 Å². The molecule has 0 spiro atoms. The lowest BCUT2D eigenvalue weighted by Gasteiger charge is -2.46. The third kappa shape index (κ3) is 13.5. The van der Waals surface area contributed by atoms with Crippen molar-refractivity contribution in [3.63, 3.8) is 0 Å². The van der Waals surface area contributed by atoms with Crippen molar-refractivity contribution >= 4 is 0 Å². The maximum Gasteiger partial charge on any atom is 0.187 e. The van der Waals surface area contributed by atoms with Crippen molar-refractivity contribution in [3.8, 4) is 5.75 Å². The summed E-state index contributed by atoms with van der Waals surface area (Å²) in [5, 5.41) is 20.4. The predicted octanol–water partition coefficient (Wildman–Crippen LogP) is 6.62. The average Bonchev–Trinajstić information content (AvgIpc) is 3.29. The molecule has 0 aromatic heterocycles. The van der Waals surface area contributed by atoms with Gasteiger partial charge in [-0.05, 0) is 39.9 Å². The lowest BCUT2D eigenvalue weighted by molar-refractivity contribution is -0.335. The van der Waals surface area contributed by atoms with Crippen LogP contribution in [0.4, 0.5) is 0 Å². The zero-order chi connectivity index (χ0) is 40.2. The van der Waals surface area contributed by atoms with Crippen LogP contribution < -0.4 is 4.74 Å². The molecule has 2 N–H and O–H groups in total. The highest BCUT2D eigenvalue weighted by Gasteiger charge is 2.49. The van der Waals surface area contributed by atoms with Gasteiger partial charge in [0.25, 0.3) is 0 Å². The highest BCUT2D eigenvalue weighted by molar-refractivity contribution is 5.26. The first kappa shape index (κ1) is 43.1. The van der Waals surface area contributed by atoms with Gasteiger partial charge in [0.2, 0.25) is 0 Å². The highest BCUT2D eigenvalue weighted by Crippen LogP contribution is 2.32. The maximum atomic E-state index is 10.4. The Hall–Kier alpha value is -4.50. The molecule has 1 fully saturated rings. The standard InChI is InChI=1S/C47H54O11/c1-50-40-24-22-39(23-25-40)28-51-41(26-48)33-52-43(27-49)53-34-42-44(54-29-35-14-6-2-7-15-35)45(55-30-36-16-8-3-9-17-36)46(56-31-37-18-10-4-11-19-37)47(58-42)57-32-38-20-12-5-13-21-38/h2-25,41-49H,26-34H2,1H3. The third-order valence-corrected chi connectivity index (χ3v) is 9.62. The molecule has 0 amide bonds. The number of hydrogen-bond acceptors (Lipinski definition) is 11. The van der Waals surface area contributed by atoms with Gasteiger partial charge in [0.1, 0.15) is 36.3 Å². The van der Waals surface area contributed by atoms with Crippen molar-refractivity contribution in [1.82, 2.24) is 0 Å². The molecule has 1 aliphatic rings. The summed E-state index contributed by atoms with van der Waals surface area (Å²) >= 11 is 0. The molecular weight excluding hydrogens is 741 g/mol. The molecule has 0 saturated carbocycles. The summed E-state index contributed by atoms with van der Waals surface area (Å²) in [5.41, 5.74) is 4.80. The SMILES string of the molecule is COc1ccc(COC(CO)COC(CO)OCC2OC(OCc3ccccc3)C(OCc3ccccc3)C(OCc3ccccc3)C2OCc2ccccc2)cc1. The summed E-state index contributed by atoms with van der Waals surface area (Å²) in [4.78, 5) is 0. The van der Waals surface area contributed by atoms with Crippen LogP contribution in [0.1, 0.15) is 27.8 Å². The van der Waals surface area contributed by atoms with E-state index in [0.717, 1.165) is 33.6 Å². The minimum atomic E-state index is -1.06. The van der Waals surface area contributed by atoms with Crippen LogP contribution in [0.25, 0.3) is 0 Å². The smallest absolute Gasteiger partial charge is 0.187 e. The van der Waals surface area contributed by atoms with Gasteiger partial charge in [-0.15, -0.1) is 0 Å². The molecule has 6 rings (SSSR count). The number of ether oxygens (including phenoxy) is 9. The minimum absolute atomic E-state index is 0.0294. The largest absolute Gasteiger partial charge is 0.497 e. The number of methoxy groups -OCH3 is 1. The fourth-order valence-corrected chi connectivity index (χ4v) is 6.43. The van der Waals surface area contributed by atoms with E-state index in [-0.39, 0.29) is 52.9 Å². The molecular formula is C47H54O11. The molecule has 11 nitrogen and oxygen atoms in total. The summed E-state index contributed by atoms with van der Waals surface area (Å²) < 4.78 is 56.7. The van der Waals surface area contributed by atoms with E-state index in [4.69, 9.17) is 42.6 Å². The Labute approximate surface area is 340 Å². The van der Waals surface area contributed by atoms with Gasteiger partial charge in [-0.2, -0.15) is 0 Å². The second-order valence-corrected chi connectivity index (χ2v) is 13.9. The van der Waals surface area contributed by atoms with E-state index >= 15 is 0 Å². The fourth-order valence-electron chi connectivity index (χ4n) is 6.43. The molecule has 7 atom stereocenters. The first-order valence-electron chi connectivity index (χ1n) is 19.6. The van der Waals surface area contributed by atoms with Gasteiger partial charge in [0, 0.05) is 0 Å². The molecule has 0 bridgehead atoms. The topological polar surface area (TPSA) is 124 Å². The summed E-state index contributed by atoms with van der Waals surface area (Å²) in [6.45, 7) is 0.508. The third-order valence-electron chi connectivity index (χ3n) is 9.62. The molecule has 5 aromatic carbocycles. The van der Waals surface area contributed by atoms with Crippen LogP contribution in [-0.2, 0) is 70.9 Å². The van der Waals surface area contributed by atoms with Gasteiger partial charge in [-0.25, -0.2) is 0 Å². The second kappa shape index (κ2) is 23.8. The first-order valence-corrected chi connectivity index (χ1v) is 19.6. The normalized spacial score (nSPS) is 20.4.